The van der Waals surface area contributed by atoms with Crippen molar-refractivity contribution in [2.24, 2.45) is 7.05 Å². The number of aryl methyl sites for hydroxylation is 2. The van der Waals surface area contributed by atoms with Crippen LogP contribution in [0, 0.1) is 6.92 Å². The zero-order chi connectivity index (χ0) is 29.9. The molecule has 0 spiro atoms. The summed E-state index contributed by atoms with van der Waals surface area (Å²) in [5.74, 6) is 0.820. The molecule has 43 heavy (non-hydrogen) atoms. The minimum Gasteiger partial charge on any atom is -0.495 e. The first kappa shape index (κ1) is 28.1. The van der Waals surface area contributed by atoms with E-state index in [0.717, 1.165) is 49.1 Å². The van der Waals surface area contributed by atoms with E-state index < -0.39 is 0 Å². The van der Waals surface area contributed by atoms with Crippen LogP contribution in [0.5, 0.6) is 5.75 Å². The Bertz CT molecular complexity index is 1990. The van der Waals surface area contributed by atoms with Gasteiger partial charge in [0.15, 0.2) is 0 Å². The van der Waals surface area contributed by atoms with E-state index in [-0.39, 0.29) is 5.91 Å². The molecule has 0 radical (unpaired) electrons. The third-order valence-electron chi connectivity index (χ3n) is 7.41. The van der Waals surface area contributed by atoms with E-state index in [0.29, 0.717) is 36.0 Å². The maximum Gasteiger partial charge on any atom is 0.272 e. The minimum atomic E-state index is -0.208. The molecule has 0 aliphatic carbocycles. The number of amides is 1. The van der Waals surface area contributed by atoms with E-state index >= 15 is 0 Å². The SMILES string of the molecule is COc1cc(-c2csc3c(C=CCNCc4cccc(C)n4)cnc(N)c23)ccc1NC(=O)c1cc2ccccc2n1C. The highest BCUT2D eigenvalue weighted by Gasteiger charge is 2.18. The van der Waals surface area contributed by atoms with E-state index in [1.807, 2.05) is 91.5 Å². The molecule has 1 amide bonds. The van der Waals surface area contributed by atoms with Crippen LogP contribution in [-0.4, -0.2) is 34.1 Å². The van der Waals surface area contributed by atoms with E-state index in [1.54, 1.807) is 18.4 Å². The van der Waals surface area contributed by atoms with Gasteiger partial charge in [0.1, 0.15) is 17.3 Å². The first-order valence-corrected chi connectivity index (χ1v) is 14.8. The highest BCUT2D eigenvalue weighted by molar-refractivity contribution is 7.18. The molecule has 0 saturated carbocycles. The van der Waals surface area contributed by atoms with E-state index in [9.17, 15) is 4.79 Å². The quantitative estimate of drug-likeness (QED) is 0.160. The molecule has 9 heteroatoms. The lowest BCUT2D eigenvalue weighted by Gasteiger charge is -2.13. The van der Waals surface area contributed by atoms with Crippen LogP contribution in [0.2, 0.25) is 0 Å². The van der Waals surface area contributed by atoms with E-state index in [2.05, 4.69) is 38.1 Å². The van der Waals surface area contributed by atoms with Crippen molar-refractivity contribution in [1.82, 2.24) is 19.9 Å². The van der Waals surface area contributed by atoms with Crippen LogP contribution in [0.1, 0.15) is 27.4 Å². The monoisotopic (exact) mass is 588 g/mol. The summed E-state index contributed by atoms with van der Waals surface area (Å²) in [6.45, 7) is 3.39. The van der Waals surface area contributed by atoms with Gasteiger partial charge in [0, 0.05) is 64.1 Å². The van der Waals surface area contributed by atoms with Gasteiger partial charge in [-0.15, -0.1) is 11.3 Å². The number of aromatic nitrogens is 3. The van der Waals surface area contributed by atoms with Gasteiger partial charge in [-0.25, -0.2) is 4.98 Å². The number of nitrogen functional groups attached to an aromatic ring is 1. The largest absolute Gasteiger partial charge is 0.495 e. The van der Waals surface area contributed by atoms with Crippen LogP contribution >= 0.6 is 11.3 Å². The fraction of sp³-hybridized carbons (Fsp3) is 0.147. The second kappa shape index (κ2) is 12.1. The van der Waals surface area contributed by atoms with Gasteiger partial charge < -0.3 is 25.7 Å². The third kappa shape index (κ3) is 5.73. The molecule has 4 N–H and O–H groups in total. The molecule has 0 unspecified atom stereocenters. The number of nitrogens with one attached hydrogen (secondary N) is 2. The number of hydrogen-bond acceptors (Lipinski definition) is 7. The number of pyridine rings is 2. The van der Waals surface area contributed by atoms with Gasteiger partial charge >= 0.3 is 0 Å². The number of thiophene rings is 1. The normalized spacial score (nSPS) is 11.5. The summed E-state index contributed by atoms with van der Waals surface area (Å²) in [7, 11) is 3.49. The summed E-state index contributed by atoms with van der Waals surface area (Å²) < 4.78 is 8.66. The highest BCUT2D eigenvalue weighted by Crippen LogP contribution is 2.41. The summed E-state index contributed by atoms with van der Waals surface area (Å²) in [6, 6.07) is 21.6. The van der Waals surface area contributed by atoms with Crippen molar-refractivity contribution in [1.29, 1.82) is 0 Å². The van der Waals surface area contributed by atoms with E-state index in [4.69, 9.17) is 10.5 Å². The van der Waals surface area contributed by atoms with Crippen molar-refractivity contribution >= 4 is 55.8 Å². The van der Waals surface area contributed by atoms with Crippen molar-refractivity contribution in [3.05, 3.63) is 107 Å². The zero-order valence-electron chi connectivity index (χ0n) is 24.2. The standard InChI is InChI=1S/C34H32N6O2S/c1-21-8-6-11-25(38-21)19-36-15-7-10-24-18-37-33(35)31-26(20-43-32(24)31)22-13-14-27(30(17-22)42-3)39-34(41)29-16-23-9-4-5-12-28(23)40(29)2/h4-14,16-18,20,36H,15,19H2,1-3H3,(H2,35,37)(H,39,41). The molecule has 216 valence electrons. The second-order valence-electron chi connectivity index (χ2n) is 10.3. The molecule has 4 aromatic heterocycles. The van der Waals surface area contributed by atoms with Crippen molar-refractivity contribution in [2.45, 2.75) is 13.5 Å². The Balaban J connectivity index is 1.22. The summed E-state index contributed by atoms with van der Waals surface area (Å²) in [4.78, 5) is 22.3. The lowest BCUT2D eigenvalue weighted by Crippen LogP contribution is -2.16. The van der Waals surface area contributed by atoms with Gasteiger partial charge in [0.2, 0.25) is 0 Å². The number of methoxy groups -OCH3 is 1. The first-order chi connectivity index (χ1) is 20.9. The lowest BCUT2D eigenvalue weighted by molar-refractivity contribution is 0.101. The van der Waals surface area contributed by atoms with Crippen LogP contribution < -0.4 is 21.1 Å². The Kier molecular flexibility index (Phi) is 7.91. The average Bonchev–Trinajstić information content (AvgIpc) is 3.61. The number of rotatable bonds is 9. The number of anilines is 2. The molecule has 6 rings (SSSR count). The second-order valence-corrected chi connectivity index (χ2v) is 11.2. The average molecular weight is 589 g/mol. The Morgan fingerprint density at radius 2 is 1.98 bits per heavy atom. The van der Waals surface area contributed by atoms with Crippen LogP contribution in [0.25, 0.3) is 38.2 Å². The van der Waals surface area contributed by atoms with E-state index in [1.165, 1.54) is 0 Å². The summed E-state index contributed by atoms with van der Waals surface area (Å²) in [5.41, 5.74) is 13.5. The number of nitrogens with zero attached hydrogens (tertiary/aromatic N) is 3. The van der Waals surface area contributed by atoms with Crippen molar-refractivity contribution in [3.8, 4) is 16.9 Å². The molecule has 6 aromatic rings. The number of hydrogen-bond donors (Lipinski definition) is 3. The maximum absolute atomic E-state index is 13.2. The molecule has 0 aliphatic heterocycles. The zero-order valence-corrected chi connectivity index (χ0v) is 25.0. The van der Waals surface area contributed by atoms with Gasteiger partial charge in [0.05, 0.1) is 18.5 Å². The molecule has 0 fully saturated rings. The van der Waals surface area contributed by atoms with Gasteiger partial charge in [0.25, 0.3) is 5.91 Å². The molecule has 0 atom stereocenters. The Labute approximate surface area is 253 Å². The van der Waals surface area contributed by atoms with Gasteiger partial charge in [-0.1, -0.05) is 42.5 Å². The Morgan fingerprint density at radius 1 is 1.12 bits per heavy atom. The molecular formula is C34H32N6O2S. The number of ether oxygens (including phenoxy) is 1. The topological polar surface area (TPSA) is 107 Å². The summed E-state index contributed by atoms with van der Waals surface area (Å²) in [6.07, 6.45) is 5.96. The van der Waals surface area contributed by atoms with Crippen molar-refractivity contribution in [3.63, 3.8) is 0 Å². The van der Waals surface area contributed by atoms with Gasteiger partial charge in [-0.3, -0.25) is 9.78 Å². The Morgan fingerprint density at radius 3 is 2.79 bits per heavy atom. The molecule has 0 bridgehead atoms. The van der Waals surface area contributed by atoms with Crippen LogP contribution in [0.15, 0.2) is 84.4 Å². The minimum absolute atomic E-state index is 0.208. The fourth-order valence-corrected chi connectivity index (χ4v) is 6.32. The number of nitrogens with two attached hydrogens (primary N) is 1. The maximum atomic E-state index is 13.2. The summed E-state index contributed by atoms with van der Waals surface area (Å²) in [5, 5.41) is 10.4. The van der Waals surface area contributed by atoms with Crippen molar-refractivity contribution < 1.29 is 9.53 Å². The number of para-hydroxylation sites is 1. The fourth-order valence-electron chi connectivity index (χ4n) is 5.24. The van der Waals surface area contributed by atoms with Crippen molar-refractivity contribution in [2.75, 3.05) is 24.7 Å². The predicted molar refractivity (Wildman–Crippen MR) is 177 cm³/mol. The van der Waals surface area contributed by atoms with Gasteiger partial charge in [-0.2, -0.15) is 0 Å². The van der Waals surface area contributed by atoms with Crippen LogP contribution in [-0.2, 0) is 13.6 Å². The number of benzene rings is 2. The number of carbonyl (C=O) groups excluding carboxylic acids is 1. The third-order valence-corrected chi connectivity index (χ3v) is 8.44. The highest BCUT2D eigenvalue weighted by atomic mass is 32.1. The molecule has 0 saturated heterocycles. The number of carbonyl (C=O) groups is 1. The Hall–Kier alpha value is -4.99. The molecular weight excluding hydrogens is 556 g/mol. The molecule has 4 heterocycles. The molecule has 0 aliphatic rings. The smallest absolute Gasteiger partial charge is 0.272 e. The first-order valence-electron chi connectivity index (χ1n) is 13.9. The lowest BCUT2D eigenvalue weighted by atomic mass is 10.0. The predicted octanol–water partition coefficient (Wildman–Crippen LogP) is 6.80. The summed E-state index contributed by atoms with van der Waals surface area (Å²) >= 11 is 1.63. The molecule has 2 aromatic carbocycles. The molecule has 8 nitrogen and oxygen atoms in total. The van der Waals surface area contributed by atoms with Gasteiger partial charge in [-0.05, 0) is 54.3 Å². The number of fused-ring (bicyclic) bond motifs is 2. The van der Waals surface area contributed by atoms with Crippen LogP contribution in [0.4, 0.5) is 11.5 Å². The van der Waals surface area contributed by atoms with Crippen LogP contribution in [0.3, 0.4) is 0 Å².